The first-order valence-corrected chi connectivity index (χ1v) is 9.19. The molecule has 2 saturated heterocycles. The van der Waals surface area contributed by atoms with E-state index in [0.717, 1.165) is 25.8 Å². The number of nitrogens with one attached hydrogen (secondary N) is 1. The van der Waals surface area contributed by atoms with E-state index in [1.54, 1.807) is 0 Å². The zero-order chi connectivity index (χ0) is 14.5. The van der Waals surface area contributed by atoms with Crippen molar-refractivity contribution in [2.45, 2.75) is 41.7 Å². The van der Waals surface area contributed by atoms with E-state index in [9.17, 15) is 4.79 Å². The van der Waals surface area contributed by atoms with E-state index in [-0.39, 0.29) is 9.62 Å². The van der Waals surface area contributed by atoms with Gasteiger partial charge in [-0.1, -0.05) is 24.6 Å². The largest absolute Gasteiger partial charge is 0.355 e. The molecule has 1 aliphatic carbocycles. The maximum atomic E-state index is 13.1. The van der Waals surface area contributed by atoms with Crippen molar-refractivity contribution in [2.24, 2.45) is 5.92 Å². The molecule has 1 aromatic heterocycles. The Balaban J connectivity index is 1.64. The molecule has 3 unspecified atom stereocenters. The Labute approximate surface area is 133 Å². The van der Waals surface area contributed by atoms with Crippen LogP contribution in [0.3, 0.4) is 0 Å². The molecule has 1 N–H and O–H groups in total. The van der Waals surface area contributed by atoms with Crippen LogP contribution in [-0.4, -0.2) is 27.1 Å². The number of carbonyl (C=O) groups excluding carboxylic acids is 1. The minimum Gasteiger partial charge on any atom is -0.355 e. The zero-order valence-corrected chi connectivity index (χ0v) is 13.2. The second kappa shape index (κ2) is 3.56. The molecule has 3 fully saturated rings. The quantitative estimate of drug-likeness (QED) is 0.809. The van der Waals surface area contributed by atoms with Gasteiger partial charge < -0.3 is 9.88 Å². The molecular formula is C18H18N2OS. The predicted molar refractivity (Wildman–Crippen MR) is 87.7 cm³/mol. The van der Waals surface area contributed by atoms with E-state index in [2.05, 4.69) is 34.1 Å². The molecular weight excluding hydrogens is 292 g/mol. The molecule has 4 aliphatic rings. The summed E-state index contributed by atoms with van der Waals surface area (Å²) in [5, 5.41) is 1.36. The van der Waals surface area contributed by atoms with Gasteiger partial charge in [-0.15, -0.1) is 11.8 Å². The number of piperidine rings is 1. The first-order chi connectivity index (χ1) is 10.7. The second-order valence-electron chi connectivity index (χ2n) is 7.30. The standard InChI is InChI=1S/C18H18N2OS/c21-16-17-8-3-4-11(17)10-18(22-17)15-13(7-9-20(16)18)12-5-1-2-6-14(12)19-15/h1-2,5-6,11,19H,3-4,7-10H2. The van der Waals surface area contributed by atoms with Crippen LogP contribution in [0.15, 0.2) is 24.3 Å². The summed E-state index contributed by atoms with van der Waals surface area (Å²) in [6.07, 6.45) is 5.71. The molecule has 3 nitrogen and oxygen atoms in total. The molecule has 3 atom stereocenters. The molecule has 4 heterocycles. The normalized spacial score (nSPS) is 38.5. The fraction of sp³-hybridized carbons (Fsp3) is 0.500. The van der Waals surface area contributed by atoms with E-state index >= 15 is 0 Å². The molecule has 1 amide bonds. The van der Waals surface area contributed by atoms with Crippen molar-refractivity contribution >= 4 is 28.6 Å². The first kappa shape index (κ1) is 12.1. The summed E-state index contributed by atoms with van der Waals surface area (Å²) in [6, 6.07) is 8.61. The minimum atomic E-state index is -0.0885. The number of aromatic nitrogens is 1. The number of benzene rings is 1. The highest BCUT2D eigenvalue weighted by Crippen LogP contribution is 2.72. The van der Waals surface area contributed by atoms with Crippen LogP contribution in [-0.2, 0) is 16.1 Å². The van der Waals surface area contributed by atoms with E-state index in [1.165, 1.54) is 35.0 Å². The highest BCUT2D eigenvalue weighted by atomic mass is 32.2. The highest BCUT2D eigenvalue weighted by molar-refractivity contribution is 8.03. The number of amides is 1. The van der Waals surface area contributed by atoms with Crippen LogP contribution in [0, 0.1) is 5.92 Å². The zero-order valence-electron chi connectivity index (χ0n) is 12.4. The van der Waals surface area contributed by atoms with Gasteiger partial charge in [0.2, 0.25) is 5.91 Å². The van der Waals surface area contributed by atoms with Gasteiger partial charge in [-0.3, -0.25) is 4.79 Å². The molecule has 1 saturated carbocycles. The Bertz CT molecular complexity index is 843. The summed E-state index contributed by atoms with van der Waals surface area (Å²) in [5.41, 5.74) is 4.03. The van der Waals surface area contributed by atoms with Crippen LogP contribution in [0.2, 0.25) is 0 Å². The van der Waals surface area contributed by atoms with Crippen LogP contribution in [0.25, 0.3) is 10.9 Å². The third-order valence-electron chi connectivity index (χ3n) is 6.47. The summed E-state index contributed by atoms with van der Waals surface area (Å²) in [6.45, 7) is 0.898. The van der Waals surface area contributed by atoms with Crippen LogP contribution < -0.4 is 0 Å². The average Bonchev–Trinajstić information content (AvgIpc) is 3.21. The number of H-pyrrole nitrogens is 1. The third-order valence-corrected chi connectivity index (χ3v) is 8.47. The molecule has 0 radical (unpaired) electrons. The van der Waals surface area contributed by atoms with E-state index in [0.29, 0.717) is 11.8 Å². The summed E-state index contributed by atoms with van der Waals surface area (Å²) >= 11 is 1.99. The van der Waals surface area contributed by atoms with Gasteiger partial charge in [-0.05, 0) is 43.2 Å². The van der Waals surface area contributed by atoms with Gasteiger partial charge in [0.25, 0.3) is 0 Å². The second-order valence-corrected chi connectivity index (χ2v) is 8.91. The number of nitrogens with zero attached hydrogens (tertiary/aromatic N) is 1. The minimum absolute atomic E-state index is 0.0844. The summed E-state index contributed by atoms with van der Waals surface area (Å²) in [5.74, 6) is 1.04. The molecule has 3 aliphatic heterocycles. The Morgan fingerprint density at radius 2 is 2.23 bits per heavy atom. The van der Waals surface area contributed by atoms with Crippen LogP contribution in [0.1, 0.15) is 36.9 Å². The molecule has 2 aromatic rings. The number of fused-ring (bicyclic) bond motifs is 3. The maximum Gasteiger partial charge on any atom is 0.240 e. The Morgan fingerprint density at radius 3 is 3.18 bits per heavy atom. The van der Waals surface area contributed by atoms with Gasteiger partial charge in [-0.25, -0.2) is 0 Å². The van der Waals surface area contributed by atoms with Crippen molar-refractivity contribution in [1.29, 1.82) is 0 Å². The number of para-hydroxylation sites is 1. The average molecular weight is 310 g/mol. The summed E-state index contributed by atoms with van der Waals surface area (Å²) in [7, 11) is 0. The molecule has 1 aromatic carbocycles. The highest BCUT2D eigenvalue weighted by Gasteiger charge is 2.72. The molecule has 2 spiro atoms. The fourth-order valence-electron chi connectivity index (χ4n) is 5.60. The lowest BCUT2D eigenvalue weighted by Gasteiger charge is -2.43. The number of rotatable bonds is 0. The Hall–Kier alpha value is -1.42. The SMILES string of the molecule is O=C1N2CCc3c([nH]c4ccccc34)C23CC2CCCC12S3. The van der Waals surface area contributed by atoms with Crippen LogP contribution in [0.5, 0.6) is 0 Å². The Morgan fingerprint density at radius 1 is 1.32 bits per heavy atom. The van der Waals surface area contributed by atoms with Gasteiger partial charge in [0.1, 0.15) is 9.62 Å². The topological polar surface area (TPSA) is 36.1 Å². The Kier molecular flexibility index (Phi) is 1.95. The lowest BCUT2D eigenvalue weighted by Crippen LogP contribution is -2.54. The monoisotopic (exact) mass is 310 g/mol. The number of aromatic amines is 1. The molecule has 112 valence electrons. The van der Waals surface area contributed by atoms with Crippen molar-refractivity contribution in [3.63, 3.8) is 0 Å². The van der Waals surface area contributed by atoms with Gasteiger partial charge in [0.15, 0.2) is 0 Å². The predicted octanol–water partition coefficient (Wildman–Crippen LogP) is 3.39. The molecule has 2 bridgehead atoms. The number of hydrogen-bond acceptors (Lipinski definition) is 2. The number of hydrogen-bond donors (Lipinski definition) is 1. The molecule has 4 heteroatoms. The van der Waals surface area contributed by atoms with Crippen LogP contribution in [0.4, 0.5) is 0 Å². The van der Waals surface area contributed by atoms with Crippen LogP contribution >= 0.6 is 11.8 Å². The lowest BCUT2D eigenvalue weighted by atomic mass is 9.80. The van der Waals surface area contributed by atoms with Crippen molar-refractivity contribution in [1.82, 2.24) is 9.88 Å². The molecule has 22 heavy (non-hydrogen) atoms. The van der Waals surface area contributed by atoms with E-state index in [4.69, 9.17) is 0 Å². The summed E-state index contributed by atoms with van der Waals surface area (Å²) < 4.78 is -0.0844. The summed E-state index contributed by atoms with van der Waals surface area (Å²) in [4.78, 5) is 18.9. The van der Waals surface area contributed by atoms with Gasteiger partial charge in [-0.2, -0.15) is 0 Å². The molecule has 6 rings (SSSR count). The maximum absolute atomic E-state index is 13.1. The van der Waals surface area contributed by atoms with Crippen molar-refractivity contribution in [3.05, 3.63) is 35.5 Å². The smallest absolute Gasteiger partial charge is 0.240 e. The van der Waals surface area contributed by atoms with Gasteiger partial charge in [0.05, 0.1) is 5.69 Å². The van der Waals surface area contributed by atoms with E-state index in [1.807, 2.05) is 11.8 Å². The first-order valence-electron chi connectivity index (χ1n) is 8.37. The van der Waals surface area contributed by atoms with Crippen molar-refractivity contribution < 1.29 is 4.79 Å². The van der Waals surface area contributed by atoms with Crippen molar-refractivity contribution in [3.8, 4) is 0 Å². The lowest BCUT2D eigenvalue weighted by molar-refractivity contribution is -0.140. The number of carbonyl (C=O) groups is 1. The van der Waals surface area contributed by atoms with Gasteiger partial charge in [0, 0.05) is 17.4 Å². The van der Waals surface area contributed by atoms with E-state index < -0.39 is 0 Å². The van der Waals surface area contributed by atoms with Crippen molar-refractivity contribution in [2.75, 3.05) is 6.54 Å². The van der Waals surface area contributed by atoms with Gasteiger partial charge >= 0.3 is 0 Å². The fourth-order valence-corrected chi connectivity index (χ4v) is 7.86. The third kappa shape index (κ3) is 1.09. The number of thioether (sulfide) groups is 1.